The van der Waals surface area contributed by atoms with Crippen molar-refractivity contribution >= 4 is 11.9 Å². The zero-order valence-electron chi connectivity index (χ0n) is 16.4. The van der Waals surface area contributed by atoms with Crippen LogP contribution in [0.4, 0.5) is 4.39 Å². The number of rotatable bonds is 4. The fourth-order valence-electron chi connectivity index (χ4n) is 3.94. The third-order valence-corrected chi connectivity index (χ3v) is 5.67. The van der Waals surface area contributed by atoms with Crippen molar-refractivity contribution in [3.05, 3.63) is 64.5 Å². The SMILES string of the molecule is Cc1cc(C(=O)N2CC[C@@H](O)[C@](Cc3ccc(F)cc3)(C(=O)O)C2)cc(C)c1O. The summed E-state index contributed by atoms with van der Waals surface area (Å²) in [4.78, 5) is 26.7. The molecule has 0 saturated carbocycles. The summed E-state index contributed by atoms with van der Waals surface area (Å²) in [6.45, 7) is 3.43. The van der Waals surface area contributed by atoms with Gasteiger partial charge in [-0.25, -0.2) is 4.39 Å². The molecule has 154 valence electrons. The summed E-state index contributed by atoms with van der Waals surface area (Å²) < 4.78 is 13.2. The van der Waals surface area contributed by atoms with Crippen molar-refractivity contribution < 1.29 is 29.3 Å². The minimum absolute atomic E-state index is 0.0266. The molecule has 0 aliphatic carbocycles. The van der Waals surface area contributed by atoms with Crippen LogP contribution < -0.4 is 0 Å². The molecule has 7 heteroatoms. The summed E-state index contributed by atoms with van der Waals surface area (Å²) in [6.07, 6.45) is -1.05. The highest BCUT2D eigenvalue weighted by Crippen LogP contribution is 2.36. The molecule has 2 atom stereocenters. The molecule has 0 aromatic heterocycles. The smallest absolute Gasteiger partial charge is 0.314 e. The predicted molar refractivity (Wildman–Crippen MR) is 104 cm³/mol. The van der Waals surface area contributed by atoms with Crippen molar-refractivity contribution in [1.29, 1.82) is 0 Å². The van der Waals surface area contributed by atoms with E-state index in [1.807, 2.05) is 0 Å². The number of likely N-dealkylation sites (tertiary alicyclic amines) is 1. The van der Waals surface area contributed by atoms with E-state index in [0.29, 0.717) is 22.3 Å². The number of benzene rings is 2. The number of carboxylic acid groups (broad SMARTS) is 1. The van der Waals surface area contributed by atoms with E-state index in [1.165, 1.54) is 29.2 Å². The molecule has 2 aromatic rings. The molecule has 3 rings (SSSR count). The van der Waals surface area contributed by atoms with E-state index in [0.717, 1.165) is 0 Å². The van der Waals surface area contributed by atoms with Crippen LogP contribution in [0, 0.1) is 25.1 Å². The van der Waals surface area contributed by atoms with Gasteiger partial charge in [0.15, 0.2) is 0 Å². The lowest BCUT2D eigenvalue weighted by Crippen LogP contribution is -2.58. The van der Waals surface area contributed by atoms with Crippen LogP contribution in [0.5, 0.6) is 5.75 Å². The van der Waals surface area contributed by atoms with Gasteiger partial charge in [0.2, 0.25) is 0 Å². The first-order valence-electron chi connectivity index (χ1n) is 9.39. The van der Waals surface area contributed by atoms with E-state index in [2.05, 4.69) is 0 Å². The number of carbonyl (C=O) groups excluding carboxylic acids is 1. The van der Waals surface area contributed by atoms with Gasteiger partial charge < -0.3 is 20.2 Å². The average molecular weight is 401 g/mol. The number of amides is 1. The number of carboxylic acids is 1. The maximum absolute atomic E-state index is 13.2. The number of aliphatic carboxylic acids is 1. The molecule has 1 heterocycles. The quantitative estimate of drug-likeness (QED) is 0.732. The van der Waals surface area contributed by atoms with Gasteiger partial charge >= 0.3 is 5.97 Å². The summed E-state index contributed by atoms with van der Waals surface area (Å²) in [5, 5.41) is 30.5. The fourth-order valence-corrected chi connectivity index (χ4v) is 3.94. The third-order valence-electron chi connectivity index (χ3n) is 5.67. The van der Waals surface area contributed by atoms with Crippen molar-refractivity contribution in [2.24, 2.45) is 5.41 Å². The monoisotopic (exact) mass is 401 g/mol. The number of carbonyl (C=O) groups is 2. The van der Waals surface area contributed by atoms with Gasteiger partial charge in [0.1, 0.15) is 17.0 Å². The number of aromatic hydroxyl groups is 1. The topological polar surface area (TPSA) is 98.1 Å². The van der Waals surface area contributed by atoms with Gasteiger partial charge in [0, 0.05) is 18.7 Å². The molecule has 0 bridgehead atoms. The number of halogens is 1. The third kappa shape index (κ3) is 3.96. The molecule has 1 fully saturated rings. The standard InChI is InChI=1S/C22H24FNO5/c1-13-9-16(10-14(2)19(13)26)20(27)24-8-7-18(25)22(12-24,21(28)29)11-15-3-5-17(23)6-4-15/h3-6,9-10,18,25-26H,7-8,11-12H2,1-2H3,(H,28,29)/t18-,22-/m1/s1. The van der Waals surface area contributed by atoms with Crippen LogP contribution >= 0.6 is 0 Å². The molecule has 1 saturated heterocycles. The highest BCUT2D eigenvalue weighted by atomic mass is 19.1. The molecule has 3 N–H and O–H groups in total. The van der Waals surface area contributed by atoms with Crippen molar-refractivity contribution in [1.82, 2.24) is 4.90 Å². The number of piperidine rings is 1. The largest absolute Gasteiger partial charge is 0.507 e. The molecule has 1 aliphatic rings. The minimum atomic E-state index is -1.59. The van der Waals surface area contributed by atoms with Crippen LogP contribution in [0.2, 0.25) is 0 Å². The van der Waals surface area contributed by atoms with Gasteiger partial charge in [-0.3, -0.25) is 9.59 Å². The van der Waals surface area contributed by atoms with Crippen LogP contribution in [-0.2, 0) is 11.2 Å². The number of phenolic OH excluding ortho intramolecular Hbond substituents is 1. The second kappa shape index (κ2) is 7.83. The maximum atomic E-state index is 13.2. The van der Waals surface area contributed by atoms with Gasteiger partial charge in [0.05, 0.1) is 6.10 Å². The summed E-state index contributed by atoms with van der Waals surface area (Å²) >= 11 is 0. The van der Waals surface area contributed by atoms with Gasteiger partial charge in [0.25, 0.3) is 5.91 Å². The number of hydrogen-bond acceptors (Lipinski definition) is 4. The molecule has 1 aliphatic heterocycles. The highest BCUT2D eigenvalue weighted by molar-refractivity contribution is 5.95. The molecular weight excluding hydrogens is 377 g/mol. The molecular formula is C22H24FNO5. The normalized spacial score (nSPS) is 21.8. The number of aliphatic hydroxyl groups excluding tert-OH is 1. The highest BCUT2D eigenvalue weighted by Gasteiger charge is 2.50. The van der Waals surface area contributed by atoms with Gasteiger partial charge in [-0.1, -0.05) is 12.1 Å². The predicted octanol–water partition coefficient (Wildman–Crippen LogP) is 2.67. The molecule has 2 aromatic carbocycles. The van der Waals surface area contributed by atoms with Crippen molar-refractivity contribution in [2.45, 2.75) is 32.8 Å². The number of nitrogens with zero attached hydrogens (tertiary/aromatic N) is 1. The van der Waals surface area contributed by atoms with Crippen molar-refractivity contribution in [3.63, 3.8) is 0 Å². The zero-order valence-corrected chi connectivity index (χ0v) is 16.4. The Hall–Kier alpha value is -2.93. The van der Waals surface area contributed by atoms with E-state index in [-0.39, 0.29) is 37.6 Å². The van der Waals surface area contributed by atoms with Gasteiger partial charge in [-0.05, 0) is 67.6 Å². The Labute approximate surface area is 168 Å². The fraction of sp³-hybridized carbons (Fsp3) is 0.364. The van der Waals surface area contributed by atoms with Crippen LogP contribution in [0.25, 0.3) is 0 Å². The summed E-state index contributed by atoms with van der Waals surface area (Å²) in [5.41, 5.74) is 0.448. The lowest BCUT2D eigenvalue weighted by Gasteiger charge is -2.43. The summed E-state index contributed by atoms with van der Waals surface area (Å²) in [7, 11) is 0. The zero-order chi connectivity index (χ0) is 21.3. The Morgan fingerprint density at radius 3 is 2.31 bits per heavy atom. The lowest BCUT2D eigenvalue weighted by atomic mass is 9.72. The first kappa shape index (κ1) is 20.8. The number of aryl methyl sites for hydroxylation is 2. The van der Waals surface area contributed by atoms with Crippen LogP contribution in [-0.4, -0.2) is 51.3 Å². The molecule has 1 amide bonds. The summed E-state index contributed by atoms with van der Waals surface area (Å²) in [6, 6.07) is 8.59. The van der Waals surface area contributed by atoms with E-state index >= 15 is 0 Å². The van der Waals surface area contributed by atoms with Crippen LogP contribution in [0.3, 0.4) is 0 Å². The van der Waals surface area contributed by atoms with Gasteiger partial charge in [-0.15, -0.1) is 0 Å². The molecule has 6 nitrogen and oxygen atoms in total. The molecule has 0 spiro atoms. The molecule has 0 radical (unpaired) electrons. The first-order chi connectivity index (χ1) is 13.6. The summed E-state index contributed by atoms with van der Waals surface area (Å²) in [5.74, 6) is -1.87. The Bertz CT molecular complexity index is 920. The van der Waals surface area contributed by atoms with Gasteiger partial charge in [-0.2, -0.15) is 0 Å². The number of phenols is 1. The number of hydrogen-bond donors (Lipinski definition) is 3. The first-order valence-corrected chi connectivity index (χ1v) is 9.39. The Morgan fingerprint density at radius 1 is 1.17 bits per heavy atom. The molecule has 0 unspecified atom stereocenters. The number of aliphatic hydroxyl groups is 1. The second-order valence-corrected chi connectivity index (χ2v) is 7.75. The second-order valence-electron chi connectivity index (χ2n) is 7.75. The Kier molecular flexibility index (Phi) is 5.61. The van der Waals surface area contributed by atoms with Crippen molar-refractivity contribution in [3.8, 4) is 5.75 Å². The van der Waals surface area contributed by atoms with E-state index in [9.17, 15) is 29.3 Å². The maximum Gasteiger partial charge on any atom is 0.314 e. The molecule has 29 heavy (non-hydrogen) atoms. The van der Waals surface area contributed by atoms with E-state index in [1.54, 1.807) is 26.0 Å². The Balaban J connectivity index is 1.92. The van der Waals surface area contributed by atoms with E-state index in [4.69, 9.17) is 0 Å². The lowest BCUT2D eigenvalue weighted by molar-refractivity contribution is -0.161. The van der Waals surface area contributed by atoms with Crippen LogP contribution in [0.1, 0.15) is 33.5 Å². The van der Waals surface area contributed by atoms with Crippen molar-refractivity contribution in [2.75, 3.05) is 13.1 Å². The minimum Gasteiger partial charge on any atom is -0.507 e. The van der Waals surface area contributed by atoms with E-state index < -0.39 is 23.3 Å². The Morgan fingerprint density at radius 2 is 1.76 bits per heavy atom. The average Bonchev–Trinajstić information content (AvgIpc) is 2.68. The van der Waals surface area contributed by atoms with Crippen LogP contribution in [0.15, 0.2) is 36.4 Å².